The average molecular weight is 363 g/mol. The van der Waals surface area contributed by atoms with Crippen molar-refractivity contribution in [2.24, 2.45) is 5.92 Å². The summed E-state index contributed by atoms with van der Waals surface area (Å²) in [4.78, 5) is 25.3. The molecule has 1 aromatic carbocycles. The Hall–Kier alpha value is -2.15. The van der Waals surface area contributed by atoms with Crippen LogP contribution in [0.15, 0.2) is 18.2 Å². The van der Waals surface area contributed by atoms with Gasteiger partial charge in [-0.2, -0.15) is 0 Å². The first-order valence-corrected chi connectivity index (χ1v) is 9.15. The minimum atomic E-state index is -0.305. The average Bonchev–Trinajstić information content (AvgIpc) is 3.42. The fraction of sp³-hybridized carbons (Fsp3) is 0.579. The van der Waals surface area contributed by atoms with Crippen LogP contribution in [-0.4, -0.2) is 43.7 Å². The third-order valence-corrected chi connectivity index (χ3v) is 4.63. The summed E-state index contributed by atoms with van der Waals surface area (Å²) in [7, 11) is 0. The van der Waals surface area contributed by atoms with Gasteiger partial charge in [-0.15, -0.1) is 0 Å². The molecule has 1 aliphatic heterocycles. The largest absolute Gasteiger partial charge is 0.372 e. The fourth-order valence-corrected chi connectivity index (χ4v) is 3.21. The highest BCUT2D eigenvalue weighted by atomic mass is 19.1. The maximum atomic E-state index is 14.5. The summed E-state index contributed by atoms with van der Waals surface area (Å²) in [6.07, 6.45) is 1.92. The maximum Gasteiger partial charge on any atom is 0.239 e. The van der Waals surface area contributed by atoms with Crippen LogP contribution in [0.2, 0.25) is 0 Å². The second-order valence-corrected chi connectivity index (χ2v) is 7.22. The standard InChI is InChI=1S/C19H26FN3O3/c1-12-10-23(11-13(2)26-12)17-6-3-14(7-16(17)20)8-21-18(24)9-22-19(25)15-4-5-15/h3,6-7,12-13,15H,4-5,8-11H2,1-2H3,(H,21,24)(H,22,25)/t12-,13+. The van der Waals surface area contributed by atoms with E-state index in [1.165, 1.54) is 6.07 Å². The van der Waals surface area contributed by atoms with Crippen LogP contribution in [0.4, 0.5) is 10.1 Å². The number of nitrogens with one attached hydrogen (secondary N) is 2. The summed E-state index contributed by atoms with van der Waals surface area (Å²) >= 11 is 0. The SMILES string of the molecule is C[C@@H]1CN(c2ccc(CNC(=O)CNC(=O)C3CC3)cc2F)C[C@H](C)O1. The summed E-state index contributed by atoms with van der Waals surface area (Å²) in [5, 5.41) is 5.31. The molecule has 2 N–H and O–H groups in total. The van der Waals surface area contributed by atoms with Crippen molar-refractivity contribution in [3.8, 4) is 0 Å². The van der Waals surface area contributed by atoms with Gasteiger partial charge in [-0.1, -0.05) is 6.07 Å². The molecule has 1 saturated heterocycles. The van der Waals surface area contributed by atoms with Gasteiger partial charge in [0, 0.05) is 25.6 Å². The van der Waals surface area contributed by atoms with E-state index < -0.39 is 0 Å². The van der Waals surface area contributed by atoms with E-state index in [9.17, 15) is 14.0 Å². The minimum Gasteiger partial charge on any atom is -0.372 e. The van der Waals surface area contributed by atoms with Crippen molar-refractivity contribution in [3.63, 3.8) is 0 Å². The van der Waals surface area contributed by atoms with Crippen LogP contribution in [0.3, 0.4) is 0 Å². The van der Waals surface area contributed by atoms with Crippen LogP contribution in [-0.2, 0) is 20.9 Å². The van der Waals surface area contributed by atoms with Gasteiger partial charge in [0.25, 0.3) is 0 Å². The predicted octanol–water partition coefficient (Wildman–Crippen LogP) is 1.58. The molecule has 2 aliphatic rings. The number of anilines is 1. The van der Waals surface area contributed by atoms with E-state index in [0.29, 0.717) is 24.3 Å². The van der Waals surface area contributed by atoms with Crippen molar-refractivity contribution in [2.45, 2.75) is 45.4 Å². The Balaban J connectivity index is 1.50. The molecule has 142 valence electrons. The molecule has 6 nitrogen and oxygen atoms in total. The van der Waals surface area contributed by atoms with Crippen LogP contribution in [0, 0.1) is 11.7 Å². The molecule has 1 saturated carbocycles. The van der Waals surface area contributed by atoms with E-state index in [-0.39, 0.29) is 48.8 Å². The number of carbonyl (C=O) groups is 2. The van der Waals surface area contributed by atoms with Gasteiger partial charge in [0.05, 0.1) is 24.4 Å². The van der Waals surface area contributed by atoms with Crippen LogP contribution in [0.25, 0.3) is 0 Å². The molecule has 1 heterocycles. The molecule has 0 unspecified atom stereocenters. The highest BCUT2D eigenvalue weighted by molar-refractivity contribution is 5.86. The number of benzene rings is 1. The van der Waals surface area contributed by atoms with Gasteiger partial charge in [0.2, 0.25) is 11.8 Å². The topological polar surface area (TPSA) is 70.7 Å². The van der Waals surface area contributed by atoms with Crippen LogP contribution < -0.4 is 15.5 Å². The molecule has 0 bridgehead atoms. The second kappa shape index (κ2) is 8.03. The highest BCUT2D eigenvalue weighted by Gasteiger charge is 2.29. The molecule has 1 aliphatic carbocycles. The first-order valence-electron chi connectivity index (χ1n) is 9.15. The Kier molecular flexibility index (Phi) is 5.76. The number of amides is 2. The van der Waals surface area contributed by atoms with E-state index in [4.69, 9.17) is 4.74 Å². The third kappa shape index (κ3) is 4.94. The van der Waals surface area contributed by atoms with Gasteiger partial charge in [-0.3, -0.25) is 9.59 Å². The predicted molar refractivity (Wildman–Crippen MR) is 96.2 cm³/mol. The Labute approximate surface area is 153 Å². The molecule has 7 heteroatoms. The third-order valence-electron chi connectivity index (χ3n) is 4.63. The first kappa shape index (κ1) is 18.6. The summed E-state index contributed by atoms with van der Waals surface area (Å²) in [6, 6.07) is 5.01. The second-order valence-electron chi connectivity index (χ2n) is 7.22. The van der Waals surface area contributed by atoms with Gasteiger partial charge in [-0.05, 0) is 44.4 Å². The molecule has 26 heavy (non-hydrogen) atoms. The molecule has 2 atom stereocenters. The number of ether oxygens (including phenoxy) is 1. The first-order chi connectivity index (χ1) is 12.4. The lowest BCUT2D eigenvalue weighted by Gasteiger charge is -2.37. The molecule has 2 amide bonds. The molecular weight excluding hydrogens is 337 g/mol. The number of halogens is 1. The van der Waals surface area contributed by atoms with E-state index in [0.717, 1.165) is 12.8 Å². The van der Waals surface area contributed by atoms with Crippen molar-refractivity contribution in [2.75, 3.05) is 24.5 Å². The quantitative estimate of drug-likeness (QED) is 0.805. The number of nitrogens with zero attached hydrogens (tertiary/aromatic N) is 1. The molecule has 0 aromatic heterocycles. The molecule has 3 rings (SSSR count). The van der Waals surface area contributed by atoms with Gasteiger partial charge < -0.3 is 20.3 Å². The normalized spacial score (nSPS) is 22.8. The van der Waals surface area contributed by atoms with Crippen molar-refractivity contribution in [1.82, 2.24) is 10.6 Å². The van der Waals surface area contributed by atoms with E-state index in [1.807, 2.05) is 24.8 Å². The molecule has 1 aromatic rings. The van der Waals surface area contributed by atoms with Crippen molar-refractivity contribution in [3.05, 3.63) is 29.6 Å². The van der Waals surface area contributed by atoms with Crippen molar-refractivity contribution >= 4 is 17.5 Å². The number of rotatable bonds is 6. The zero-order chi connectivity index (χ0) is 18.7. The number of hydrogen-bond acceptors (Lipinski definition) is 4. The molecule has 2 fully saturated rings. The van der Waals surface area contributed by atoms with E-state index >= 15 is 0 Å². The molecule has 0 spiro atoms. The molecular formula is C19H26FN3O3. The summed E-state index contributed by atoms with van der Waals surface area (Å²) in [5.74, 6) is -0.570. The summed E-state index contributed by atoms with van der Waals surface area (Å²) in [5.41, 5.74) is 1.24. The number of hydrogen-bond donors (Lipinski definition) is 2. The smallest absolute Gasteiger partial charge is 0.239 e. The lowest BCUT2D eigenvalue weighted by Crippen LogP contribution is -2.45. The zero-order valence-corrected chi connectivity index (χ0v) is 15.3. The Morgan fingerprint density at radius 1 is 1.19 bits per heavy atom. The minimum absolute atomic E-state index is 0.0422. The monoisotopic (exact) mass is 363 g/mol. The van der Waals surface area contributed by atoms with Gasteiger partial charge in [-0.25, -0.2) is 4.39 Å². The van der Waals surface area contributed by atoms with Crippen molar-refractivity contribution in [1.29, 1.82) is 0 Å². The maximum absolute atomic E-state index is 14.5. The lowest BCUT2D eigenvalue weighted by atomic mass is 10.1. The Morgan fingerprint density at radius 3 is 2.50 bits per heavy atom. The van der Waals surface area contributed by atoms with Crippen LogP contribution in [0.5, 0.6) is 0 Å². The number of morpholine rings is 1. The Morgan fingerprint density at radius 2 is 1.88 bits per heavy atom. The Bertz CT molecular complexity index is 668. The highest BCUT2D eigenvalue weighted by Crippen LogP contribution is 2.28. The molecule has 0 radical (unpaired) electrons. The zero-order valence-electron chi connectivity index (χ0n) is 15.3. The van der Waals surface area contributed by atoms with Gasteiger partial charge in [0.15, 0.2) is 0 Å². The van der Waals surface area contributed by atoms with E-state index in [1.54, 1.807) is 6.07 Å². The van der Waals surface area contributed by atoms with Crippen LogP contribution >= 0.6 is 0 Å². The van der Waals surface area contributed by atoms with Gasteiger partial charge >= 0.3 is 0 Å². The van der Waals surface area contributed by atoms with E-state index in [2.05, 4.69) is 10.6 Å². The lowest BCUT2D eigenvalue weighted by molar-refractivity contribution is -0.126. The number of carbonyl (C=O) groups excluding carboxylic acids is 2. The summed E-state index contributed by atoms with van der Waals surface area (Å²) in [6.45, 7) is 5.44. The fourth-order valence-electron chi connectivity index (χ4n) is 3.21. The van der Waals surface area contributed by atoms with Crippen LogP contribution in [0.1, 0.15) is 32.3 Å². The van der Waals surface area contributed by atoms with Crippen molar-refractivity contribution < 1.29 is 18.7 Å². The summed E-state index contributed by atoms with van der Waals surface area (Å²) < 4.78 is 20.2. The van der Waals surface area contributed by atoms with Gasteiger partial charge in [0.1, 0.15) is 5.82 Å².